The fourth-order valence-corrected chi connectivity index (χ4v) is 3.08. The average Bonchev–Trinajstić information content (AvgIpc) is 2.23. The van der Waals surface area contributed by atoms with Gasteiger partial charge in [-0.15, -0.1) is 0 Å². The van der Waals surface area contributed by atoms with Crippen LogP contribution in [0, 0.1) is 5.92 Å². The van der Waals surface area contributed by atoms with Crippen molar-refractivity contribution >= 4 is 0 Å². The Morgan fingerprint density at radius 1 is 1.00 bits per heavy atom. The van der Waals surface area contributed by atoms with Crippen LogP contribution < -0.4 is 10.9 Å². The maximum Gasteiger partial charge on any atom is 0.0703 e. The van der Waals surface area contributed by atoms with Crippen molar-refractivity contribution in [2.75, 3.05) is 6.54 Å². The predicted octanol–water partition coefficient (Wildman–Crippen LogP) is 1.71. The summed E-state index contributed by atoms with van der Waals surface area (Å²) in [6, 6.07) is 1.36. The zero-order valence-corrected chi connectivity index (χ0v) is 10.3. The molecule has 0 amide bonds. The Morgan fingerprint density at radius 3 is 2.47 bits per heavy atom. The third-order valence-electron chi connectivity index (χ3n) is 4.01. The summed E-state index contributed by atoms with van der Waals surface area (Å²) in [5.41, 5.74) is 6.70. The summed E-state index contributed by atoms with van der Waals surface area (Å²) in [5, 5.41) is 0. The van der Waals surface area contributed by atoms with Crippen molar-refractivity contribution in [1.82, 2.24) is 15.8 Å². The van der Waals surface area contributed by atoms with Crippen LogP contribution in [-0.4, -0.2) is 29.7 Å². The molecule has 3 nitrogen and oxygen atoms in total. The molecule has 15 heavy (non-hydrogen) atoms. The minimum absolute atomic E-state index is 0.478. The molecule has 2 rings (SSSR count). The number of hydrogen-bond donors (Lipinski definition) is 2. The first-order valence-electron chi connectivity index (χ1n) is 6.45. The number of nitrogens with zero attached hydrogens (tertiary/aromatic N) is 1. The minimum atomic E-state index is 0.478. The lowest BCUT2D eigenvalue weighted by Gasteiger charge is -2.46. The van der Waals surface area contributed by atoms with Crippen LogP contribution in [0.25, 0.3) is 0 Å². The molecule has 0 aromatic carbocycles. The molecule has 1 heterocycles. The summed E-state index contributed by atoms with van der Waals surface area (Å²) in [4.78, 5) is 2.66. The second-order valence-electron chi connectivity index (χ2n) is 5.39. The Bertz CT molecular complexity index is 207. The van der Waals surface area contributed by atoms with E-state index in [0.717, 1.165) is 12.0 Å². The largest absolute Gasteiger partial charge is 0.282 e. The fraction of sp³-hybridized carbons (Fsp3) is 1.00. The van der Waals surface area contributed by atoms with Gasteiger partial charge >= 0.3 is 0 Å². The number of rotatable bonds is 1. The molecule has 88 valence electrons. The van der Waals surface area contributed by atoms with Gasteiger partial charge in [0, 0.05) is 18.6 Å². The maximum absolute atomic E-state index is 3.38. The molecule has 4 unspecified atom stereocenters. The van der Waals surface area contributed by atoms with Crippen LogP contribution >= 0.6 is 0 Å². The van der Waals surface area contributed by atoms with Crippen molar-refractivity contribution in [3.63, 3.8) is 0 Å². The molecule has 1 saturated heterocycles. The average molecular weight is 211 g/mol. The lowest BCUT2D eigenvalue weighted by atomic mass is 9.84. The van der Waals surface area contributed by atoms with Gasteiger partial charge in [-0.3, -0.25) is 10.3 Å². The van der Waals surface area contributed by atoms with Crippen molar-refractivity contribution in [3.05, 3.63) is 0 Å². The van der Waals surface area contributed by atoms with Gasteiger partial charge in [0.15, 0.2) is 0 Å². The second kappa shape index (κ2) is 4.81. The third kappa shape index (κ3) is 2.52. The summed E-state index contributed by atoms with van der Waals surface area (Å²) in [7, 11) is 0. The van der Waals surface area contributed by atoms with Gasteiger partial charge in [0.05, 0.1) is 6.17 Å². The van der Waals surface area contributed by atoms with Gasteiger partial charge < -0.3 is 0 Å². The van der Waals surface area contributed by atoms with E-state index in [1.807, 2.05) is 0 Å². The molecule has 1 aliphatic carbocycles. The highest BCUT2D eigenvalue weighted by molar-refractivity contribution is 4.86. The van der Waals surface area contributed by atoms with Crippen LogP contribution in [0.3, 0.4) is 0 Å². The van der Waals surface area contributed by atoms with Gasteiger partial charge in [-0.05, 0) is 32.6 Å². The summed E-state index contributed by atoms with van der Waals surface area (Å²) in [6.45, 7) is 8.12. The van der Waals surface area contributed by atoms with E-state index < -0.39 is 0 Å². The first-order chi connectivity index (χ1) is 7.18. The van der Waals surface area contributed by atoms with E-state index in [-0.39, 0.29) is 0 Å². The van der Waals surface area contributed by atoms with Gasteiger partial charge in [-0.1, -0.05) is 19.8 Å². The molecule has 1 aliphatic heterocycles. The number of hydrazine groups is 1. The van der Waals surface area contributed by atoms with E-state index in [2.05, 4.69) is 36.5 Å². The van der Waals surface area contributed by atoms with E-state index in [1.165, 1.54) is 32.2 Å². The summed E-state index contributed by atoms with van der Waals surface area (Å²) < 4.78 is 0. The van der Waals surface area contributed by atoms with E-state index in [1.54, 1.807) is 0 Å². The van der Waals surface area contributed by atoms with Crippen molar-refractivity contribution in [2.24, 2.45) is 5.92 Å². The zero-order chi connectivity index (χ0) is 10.8. The first kappa shape index (κ1) is 11.4. The van der Waals surface area contributed by atoms with Gasteiger partial charge in [0.2, 0.25) is 0 Å². The molecular weight excluding hydrogens is 186 g/mol. The fourth-order valence-electron chi connectivity index (χ4n) is 3.08. The highest BCUT2D eigenvalue weighted by Crippen LogP contribution is 2.29. The topological polar surface area (TPSA) is 27.3 Å². The van der Waals surface area contributed by atoms with Crippen molar-refractivity contribution in [1.29, 1.82) is 0 Å². The molecule has 0 aromatic heterocycles. The molecule has 1 saturated carbocycles. The highest BCUT2D eigenvalue weighted by atomic mass is 15.5. The molecule has 3 heteroatoms. The normalized spacial score (nSPS) is 44.2. The monoisotopic (exact) mass is 211 g/mol. The smallest absolute Gasteiger partial charge is 0.0703 e. The molecule has 0 spiro atoms. The quantitative estimate of drug-likeness (QED) is 0.691. The van der Waals surface area contributed by atoms with Crippen molar-refractivity contribution in [2.45, 2.75) is 64.7 Å². The first-order valence-corrected chi connectivity index (χ1v) is 6.45. The Labute approximate surface area is 93.6 Å². The summed E-state index contributed by atoms with van der Waals surface area (Å²) >= 11 is 0. The molecule has 0 aromatic rings. The molecule has 2 aliphatic rings. The van der Waals surface area contributed by atoms with E-state index in [9.17, 15) is 0 Å². The maximum atomic E-state index is 3.38. The standard InChI is InChI=1S/C12H25N3/c1-9-6-4-5-7-12(9)15-8-10(2)13-14-11(15)3/h9-14H,4-8H2,1-3H3. The predicted molar refractivity (Wildman–Crippen MR) is 63.3 cm³/mol. The van der Waals surface area contributed by atoms with Crippen LogP contribution in [0.15, 0.2) is 0 Å². The Morgan fingerprint density at radius 2 is 1.73 bits per heavy atom. The van der Waals surface area contributed by atoms with Crippen LogP contribution in [0.2, 0.25) is 0 Å². The van der Waals surface area contributed by atoms with Crippen LogP contribution in [0.5, 0.6) is 0 Å². The molecule has 0 bridgehead atoms. The summed E-state index contributed by atoms with van der Waals surface area (Å²) in [5.74, 6) is 0.869. The van der Waals surface area contributed by atoms with Gasteiger partial charge in [0.25, 0.3) is 0 Å². The molecule has 4 atom stereocenters. The lowest BCUT2D eigenvalue weighted by Crippen LogP contribution is -2.65. The minimum Gasteiger partial charge on any atom is -0.282 e. The number of nitrogens with one attached hydrogen (secondary N) is 2. The summed E-state index contributed by atoms with van der Waals surface area (Å²) in [6.07, 6.45) is 6.13. The Hall–Kier alpha value is -0.120. The van der Waals surface area contributed by atoms with E-state index in [4.69, 9.17) is 0 Å². The molecule has 2 N–H and O–H groups in total. The van der Waals surface area contributed by atoms with E-state index in [0.29, 0.717) is 12.2 Å². The third-order valence-corrected chi connectivity index (χ3v) is 4.01. The van der Waals surface area contributed by atoms with Crippen LogP contribution in [-0.2, 0) is 0 Å². The second-order valence-corrected chi connectivity index (χ2v) is 5.39. The molecule has 2 fully saturated rings. The van der Waals surface area contributed by atoms with Gasteiger partial charge in [0.1, 0.15) is 0 Å². The van der Waals surface area contributed by atoms with Crippen LogP contribution in [0.1, 0.15) is 46.5 Å². The Balaban J connectivity index is 1.99. The van der Waals surface area contributed by atoms with E-state index >= 15 is 0 Å². The Kier molecular flexibility index (Phi) is 3.65. The van der Waals surface area contributed by atoms with Gasteiger partial charge in [-0.2, -0.15) is 0 Å². The van der Waals surface area contributed by atoms with Crippen molar-refractivity contribution in [3.8, 4) is 0 Å². The molecular formula is C12H25N3. The molecule has 0 radical (unpaired) electrons. The van der Waals surface area contributed by atoms with Crippen LogP contribution in [0.4, 0.5) is 0 Å². The SMILES string of the molecule is CC1CN(C2CCCCC2C)C(C)NN1. The lowest BCUT2D eigenvalue weighted by molar-refractivity contribution is 0.0157. The van der Waals surface area contributed by atoms with Crippen molar-refractivity contribution < 1.29 is 0 Å². The highest BCUT2D eigenvalue weighted by Gasteiger charge is 2.32. The van der Waals surface area contributed by atoms with Gasteiger partial charge in [-0.25, -0.2) is 5.43 Å². The zero-order valence-electron chi connectivity index (χ0n) is 10.3. The number of hydrogen-bond acceptors (Lipinski definition) is 3.